The van der Waals surface area contributed by atoms with Crippen molar-refractivity contribution in [2.45, 2.75) is 38.4 Å². The number of aromatic nitrogens is 3. The van der Waals surface area contributed by atoms with E-state index in [4.69, 9.17) is 0 Å². The summed E-state index contributed by atoms with van der Waals surface area (Å²) in [4.78, 5) is 19.6. The van der Waals surface area contributed by atoms with Gasteiger partial charge in [0.2, 0.25) is 5.91 Å². The highest BCUT2D eigenvalue weighted by Gasteiger charge is 2.24. The molecule has 0 spiro atoms. The van der Waals surface area contributed by atoms with Crippen molar-refractivity contribution in [2.24, 2.45) is 0 Å². The standard InChI is InChI=1S/C15H21N5OS/c21-15(17-8-14-5-3-7-22-14)10-19-6-2-1-4-13(19)9-20-12-16-11-18-20/h3,5,7,11-13H,1-2,4,6,8-10H2,(H,17,21)/t13-/m1/s1. The van der Waals surface area contributed by atoms with Crippen LogP contribution in [-0.2, 0) is 17.9 Å². The van der Waals surface area contributed by atoms with Crippen LogP contribution in [0.5, 0.6) is 0 Å². The number of likely N-dealkylation sites (tertiary alicyclic amines) is 1. The Morgan fingerprint density at radius 2 is 2.41 bits per heavy atom. The molecule has 2 aromatic rings. The molecule has 1 fully saturated rings. The predicted molar refractivity (Wildman–Crippen MR) is 85.4 cm³/mol. The van der Waals surface area contributed by atoms with Gasteiger partial charge in [-0.05, 0) is 30.8 Å². The number of rotatable bonds is 6. The molecule has 3 rings (SSSR count). The van der Waals surface area contributed by atoms with Crippen LogP contribution in [0, 0.1) is 0 Å². The molecule has 0 unspecified atom stereocenters. The fourth-order valence-electron chi connectivity index (χ4n) is 2.86. The Hall–Kier alpha value is -1.73. The summed E-state index contributed by atoms with van der Waals surface area (Å²) in [6, 6.07) is 4.41. The van der Waals surface area contributed by atoms with Crippen molar-refractivity contribution in [3.05, 3.63) is 35.0 Å². The van der Waals surface area contributed by atoms with E-state index in [1.54, 1.807) is 24.0 Å². The summed E-state index contributed by atoms with van der Waals surface area (Å²) in [6.07, 6.45) is 6.78. The van der Waals surface area contributed by atoms with E-state index in [1.807, 2.05) is 22.2 Å². The minimum Gasteiger partial charge on any atom is -0.350 e. The lowest BCUT2D eigenvalue weighted by atomic mass is 10.0. The topological polar surface area (TPSA) is 63.1 Å². The average Bonchev–Trinajstić information content (AvgIpc) is 3.20. The van der Waals surface area contributed by atoms with Gasteiger partial charge in [-0.2, -0.15) is 5.10 Å². The van der Waals surface area contributed by atoms with Crippen LogP contribution in [-0.4, -0.2) is 44.7 Å². The van der Waals surface area contributed by atoms with Crippen molar-refractivity contribution in [3.8, 4) is 0 Å². The fraction of sp³-hybridized carbons (Fsp3) is 0.533. The maximum atomic E-state index is 12.2. The van der Waals surface area contributed by atoms with Crippen LogP contribution in [0.25, 0.3) is 0 Å². The Morgan fingerprint density at radius 3 is 3.18 bits per heavy atom. The largest absolute Gasteiger partial charge is 0.350 e. The predicted octanol–water partition coefficient (Wildman–Crippen LogP) is 1.51. The second-order valence-electron chi connectivity index (χ2n) is 5.59. The quantitative estimate of drug-likeness (QED) is 0.877. The monoisotopic (exact) mass is 319 g/mol. The van der Waals surface area contributed by atoms with Gasteiger partial charge in [0.15, 0.2) is 0 Å². The zero-order valence-electron chi connectivity index (χ0n) is 12.5. The lowest BCUT2D eigenvalue weighted by Crippen LogP contribution is -2.47. The molecule has 1 aliphatic heterocycles. The first kappa shape index (κ1) is 15.2. The van der Waals surface area contributed by atoms with Crippen molar-refractivity contribution in [3.63, 3.8) is 0 Å². The van der Waals surface area contributed by atoms with E-state index in [2.05, 4.69) is 20.3 Å². The molecule has 0 saturated carbocycles. The molecule has 0 aromatic carbocycles. The Balaban J connectivity index is 1.51. The maximum absolute atomic E-state index is 12.2. The molecule has 1 amide bonds. The summed E-state index contributed by atoms with van der Waals surface area (Å²) >= 11 is 1.67. The van der Waals surface area contributed by atoms with Crippen molar-refractivity contribution >= 4 is 17.2 Å². The SMILES string of the molecule is O=C(CN1CCCC[C@@H]1Cn1cncn1)NCc1cccs1. The second kappa shape index (κ2) is 7.51. The fourth-order valence-corrected chi connectivity index (χ4v) is 3.50. The molecular weight excluding hydrogens is 298 g/mol. The van der Waals surface area contributed by atoms with Crippen molar-refractivity contribution in [1.29, 1.82) is 0 Å². The van der Waals surface area contributed by atoms with Crippen molar-refractivity contribution in [1.82, 2.24) is 25.0 Å². The molecule has 2 aromatic heterocycles. The van der Waals surface area contributed by atoms with E-state index in [-0.39, 0.29) is 5.91 Å². The Morgan fingerprint density at radius 1 is 1.45 bits per heavy atom. The zero-order valence-corrected chi connectivity index (χ0v) is 13.3. The number of nitrogens with one attached hydrogen (secondary N) is 1. The molecule has 7 heteroatoms. The number of nitrogens with zero attached hydrogens (tertiary/aromatic N) is 4. The highest BCUT2D eigenvalue weighted by Crippen LogP contribution is 2.18. The highest BCUT2D eigenvalue weighted by molar-refractivity contribution is 7.09. The van der Waals surface area contributed by atoms with Crippen molar-refractivity contribution < 1.29 is 4.79 Å². The van der Waals surface area contributed by atoms with E-state index in [0.717, 1.165) is 25.9 Å². The lowest BCUT2D eigenvalue weighted by Gasteiger charge is -2.34. The first-order valence-electron chi connectivity index (χ1n) is 7.67. The summed E-state index contributed by atoms with van der Waals surface area (Å²) in [6.45, 7) is 2.87. The minimum absolute atomic E-state index is 0.0962. The maximum Gasteiger partial charge on any atom is 0.234 e. The van der Waals surface area contributed by atoms with E-state index in [9.17, 15) is 4.79 Å². The highest BCUT2D eigenvalue weighted by atomic mass is 32.1. The molecule has 1 atom stereocenters. The van der Waals surface area contributed by atoms with Crippen LogP contribution in [0.2, 0.25) is 0 Å². The minimum atomic E-state index is 0.0962. The van der Waals surface area contributed by atoms with Gasteiger partial charge in [0.1, 0.15) is 12.7 Å². The molecule has 3 heterocycles. The number of amides is 1. The Kier molecular flexibility index (Phi) is 5.18. The number of piperidine rings is 1. The molecule has 6 nitrogen and oxygen atoms in total. The first-order chi connectivity index (χ1) is 10.8. The number of hydrogen-bond acceptors (Lipinski definition) is 5. The summed E-state index contributed by atoms with van der Waals surface area (Å²) in [7, 11) is 0. The molecule has 118 valence electrons. The third-order valence-electron chi connectivity index (χ3n) is 4.00. The summed E-state index contributed by atoms with van der Waals surface area (Å²) in [5.41, 5.74) is 0. The normalized spacial score (nSPS) is 19.2. The van der Waals surface area contributed by atoms with E-state index in [1.165, 1.54) is 11.3 Å². The summed E-state index contributed by atoms with van der Waals surface area (Å²) < 4.78 is 1.85. The molecule has 1 aliphatic rings. The first-order valence-corrected chi connectivity index (χ1v) is 8.55. The van der Waals surface area contributed by atoms with Gasteiger partial charge < -0.3 is 5.32 Å². The third kappa shape index (κ3) is 4.14. The van der Waals surface area contributed by atoms with Gasteiger partial charge in [0.25, 0.3) is 0 Å². The van der Waals surface area contributed by atoms with Crippen LogP contribution in [0.3, 0.4) is 0 Å². The van der Waals surface area contributed by atoms with Gasteiger partial charge in [-0.1, -0.05) is 12.5 Å². The molecule has 22 heavy (non-hydrogen) atoms. The molecule has 1 saturated heterocycles. The number of thiophene rings is 1. The van der Waals surface area contributed by atoms with Crippen molar-refractivity contribution in [2.75, 3.05) is 13.1 Å². The summed E-state index contributed by atoms with van der Waals surface area (Å²) in [5, 5.41) is 9.21. The van der Waals surface area contributed by atoms with E-state index in [0.29, 0.717) is 19.1 Å². The lowest BCUT2D eigenvalue weighted by molar-refractivity contribution is -0.123. The Labute approximate surface area is 134 Å². The van der Waals surface area contributed by atoms with Gasteiger partial charge in [0.05, 0.1) is 19.6 Å². The van der Waals surface area contributed by atoms with Gasteiger partial charge in [-0.25, -0.2) is 4.98 Å². The van der Waals surface area contributed by atoms with Gasteiger partial charge in [0, 0.05) is 10.9 Å². The van der Waals surface area contributed by atoms with Crippen LogP contribution in [0.15, 0.2) is 30.2 Å². The number of hydrogen-bond donors (Lipinski definition) is 1. The molecule has 0 aliphatic carbocycles. The third-order valence-corrected chi connectivity index (χ3v) is 4.88. The average molecular weight is 319 g/mol. The van der Waals surface area contributed by atoms with Crippen LogP contribution >= 0.6 is 11.3 Å². The van der Waals surface area contributed by atoms with Crippen LogP contribution in [0.1, 0.15) is 24.1 Å². The molecular formula is C15H21N5OS. The smallest absolute Gasteiger partial charge is 0.234 e. The molecule has 0 bridgehead atoms. The molecule has 1 N–H and O–H groups in total. The van der Waals surface area contributed by atoms with Gasteiger partial charge in [-0.3, -0.25) is 14.4 Å². The van der Waals surface area contributed by atoms with E-state index < -0.39 is 0 Å². The second-order valence-corrected chi connectivity index (χ2v) is 6.63. The van der Waals surface area contributed by atoms with Crippen LogP contribution in [0.4, 0.5) is 0 Å². The number of carbonyl (C=O) groups is 1. The number of carbonyl (C=O) groups excluding carboxylic acids is 1. The summed E-state index contributed by atoms with van der Waals surface area (Å²) in [5.74, 6) is 0.0962. The Bertz CT molecular complexity index is 569. The van der Waals surface area contributed by atoms with E-state index >= 15 is 0 Å². The zero-order chi connectivity index (χ0) is 15.2. The molecule has 0 radical (unpaired) electrons. The van der Waals surface area contributed by atoms with Gasteiger partial charge in [-0.15, -0.1) is 11.3 Å². The van der Waals surface area contributed by atoms with Crippen LogP contribution < -0.4 is 5.32 Å². The van der Waals surface area contributed by atoms with Gasteiger partial charge >= 0.3 is 0 Å².